The smallest absolute Gasteiger partial charge is 0.191 e. The van der Waals surface area contributed by atoms with Crippen LogP contribution in [0.2, 0.25) is 0 Å². The van der Waals surface area contributed by atoms with Crippen molar-refractivity contribution in [2.45, 2.75) is 65.5 Å². The topological polar surface area (TPSA) is 48.9 Å². The summed E-state index contributed by atoms with van der Waals surface area (Å²) in [6, 6.07) is 9.27. The Balaban J connectivity index is 0.00000261. The van der Waals surface area contributed by atoms with Crippen molar-refractivity contribution in [2.24, 2.45) is 10.9 Å². The summed E-state index contributed by atoms with van der Waals surface area (Å²) in [5.41, 5.74) is 2.67. The zero-order valence-electron chi connectivity index (χ0n) is 17.1. The van der Waals surface area contributed by atoms with Crippen LogP contribution in [0.1, 0.15) is 45.2 Å². The zero-order chi connectivity index (χ0) is 18.5. The molecule has 1 aromatic carbocycles. The Morgan fingerprint density at radius 2 is 1.78 bits per heavy atom. The van der Waals surface area contributed by atoms with Gasteiger partial charge in [0.2, 0.25) is 0 Å². The van der Waals surface area contributed by atoms with Crippen LogP contribution in [0.3, 0.4) is 0 Å². The second-order valence-electron chi connectivity index (χ2n) is 7.88. The van der Waals surface area contributed by atoms with Crippen molar-refractivity contribution in [3.8, 4) is 0 Å². The first kappa shape index (κ1) is 22.4. The van der Waals surface area contributed by atoms with Gasteiger partial charge in [-0.25, -0.2) is 4.99 Å². The Hall–Kier alpha value is -0.860. The fourth-order valence-corrected chi connectivity index (χ4v) is 3.70. The number of benzene rings is 1. The van der Waals surface area contributed by atoms with Gasteiger partial charge >= 0.3 is 0 Å². The van der Waals surface area contributed by atoms with E-state index in [1.165, 1.54) is 17.5 Å². The van der Waals surface area contributed by atoms with E-state index in [-0.39, 0.29) is 24.0 Å². The van der Waals surface area contributed by atoms with Crippen molar-refractivity contribution in [3.63, 3.8) is 0 Å². The van der Waals surface area contributed by atoms with Gasteiger partial charge in [-0.05, 0) is 44.2 Å². The van der Waals surface area contributed by atoms with E-state index in [2.05, 4.69) is 67.5 Å². The van der Waals surface area contributed by atoms with Crippen molar-refractivity contribution < 1.29 is 4.74 Å². The highest BCUT2D eigenvalue weighted by molar-refractivity contribution is 14.0. The van der Waals surface area contributed by atoms with E-state index >= 15 is 0 Å². The monoisotopic (exact) mass is 486 g/mol. The van der Waals surface area contributed by atoms with Gasteiger partial charge in [0, 0.05) is 32.2 Å². The number of nitrogens with one attached hydrogen (secondary N) is 2. The predicted octanol–water partition coefficient (Wildman–Crippen LogP) is 3.38. The summed E-state index contributed by atoms with van der Waals surface area (Å²) in [5.74, 6) is 1.70. The molecule has 5 nitrogen and oxygen atoms in total. The van der Waals surface area contributed by atoms with Gasteiger partial charge in [0.05, 0.1) is 18.8 Å². The third-order valence-electron chi connectivity index (χ3n) is 5.19. The summed E-state index contributed by atoms with van der Waals surface area (Å²) in [7, 11) is 0. The number of morpholine rings is 1. The minimum absolute atomic E-state index is 0. The molecule has 152 valence electrons. The number of rotatable bonds is 6. The Morgan fingerprint density at radius 3 is 2.37 bits per heavy atom. The number of guanidine groups is 1. The molecule has 1 heterocycles. The highest BCUT2D eigenvalue weighted by Gasteiger charge is 2.33. The van der Waals surface area contributed by atoms with Gasteiger partial charge < -0.3 is 15.4 Å². The Bertz CT molecular complexity index is 614. The van der Waals surface area contributed by atoms with Gasteiger partial charge in [0.1, 0.15) is 0 Å². The first-order valence-electron chi connectivity index (χ1n) is 10.0. The van der Waals surface area contributed by atoms with Gasteiger partial charge in [-0.3, -0.25) is 4.90 Å². The third kappa shape index (κ3) is 6.91. The maximum atomic E-state index is 5.86. The molecule has 0 spiro atoms. The molecule has 6 heteroatoms. The normalized spacial score (nSPS) is 28.4. The average molecular weight is 486 g/mol. The fraction of sp³-hybridized carbons (Fsp3) is 0.667. The lowest BCUT2D eigenvalue weighted by molar-refractivity contribution is -0.0705. The highest BCUT2D eigenvalue weighted by atomic mass is 127. The summed E-state index contributed by atoms with van der Waals surface area (Å²) in [5, 5.41) is 6.91. The van der Waals surface area contributed by atoms with E-state index in [9.17, 15) is 0 Å². The second-order valence-corrected chi connectivity index (χ2v) is 7.88. The quantitative estimate of drug-likeness (QED) is 0.368. The van der Waals surface area contributed by atoms with Crippen LogP contribution < -0.4 is 10.6 Å². The second kappa shape index (κ2) is 10.6. The van der Waals surface area contributed by atoms with Crippen LogP contribution in [-0.2, 0) is 17.8 Å². The minimum atomic E-state index is 0. The lowest BCUT2D eigenvalue weighted by atomic mass is 10.1. The summed E-state index contributed by atoms with van der Waals surface area (Å²) in [6.45, 7) is 13.3. The number of nitrogens with zero attached hydrogens (tertiary/aromatic N) is 2. The molecule has 0 amide bonds. The van der Waals surface area contributed by atoms with Crippen LogP contribution >= 0.6 is 24.0 Å². The maximum absolute atomic E-state index is 5.86. The number of hydrogen-bond donors (Lipinski definition) is 2. The molecule has 2 N–H and O–H groups in total. The molecule has 1 saturated heterocycles. The number of ether oxygens (including phenoxy) is 1. The number of hydrogen-bond acceptors (Lipinski definition) is 3. The lowest BCUT2D eigenvalue weighted by Gasteiger charge is -2.35. The molecule has 1 aliphatic heterocycles. The van der Waals surface area contributed by atoms with E-state index in [0.29, 0.717) is 24.8 Å². The standard InChI is InChI=1S/C21H34N4O.HI/c1-5-22-21(24-20-10-15(20)2)23-11-18-8-6-7-9-19(18)14-25-12-16(3)26-17(4)13-25;/h6-9,15-17,20H,5,10-14H2,1-4H3,(H2,22,23,24);1H. The third-order valence-corrected chi connectivity index (χ3v) is 5.19. The summed E-state index contributed by atoms with van der Waals surface area (Å²) in [6.07, 6.45) is 1.84. The van der Waals surface area contributed by atoms with Crippen LogP contribution in [-0.4, -0.2) is 48.7 Å². The van der Waals surface area contributed by atoms with Gasteiger partial charge in [-0.1, -0.05) is 31.2 Å². The van der Waals surface area contributed by atoms with Gasteiger partial charge in [-0.15, -0.1) is 24.0 Å². The first-order chi connectivity index (χ1) is 12.5. The number of aliphatic imine (C=N–C) groups is 1. The summed E-state index contributed by atoms with van der Waals surface area (Å²) in [4.78, 5) is 7.33. The van der Waals surface area contributed by atoms with E-state index in [1.54, 1.807) is 0 Å². The molecule has 0 radical (unpaired) electrons. The predicted molar refractivity (Wildman–Crippen MR) is 123 cm³/mol. The average Bonchev–Trinajstić information content (AvgIpc) is 3.28. The Labute approximate surface area is 181 Å². The molecular formula is C21H35IN4O. The van der Waals surface area contributed by atoms with Gasteiger partial charge in [-0.2, -0.15) is 0 Å². The molecule has 27 heavy (non-hydrogen) atoms. The molecule has 4 atom stereocenters. The van der Waals surface area contributed by atoms with Crippen molar-refractivity contribution in [2.75, 3.05) is 19.6 Å². The van der Waals surface area contributed by atoms with Crippen LogP contribution in [0.25, 0.3) is 0 Å². The van der Waals surface area contributed by atoms with Gasteiger partial charge in [0.25, 0.3) is 0 Å². The van der Waals surface area contributed by atoms with Crippen molar-refractivity contribution in [3.05, 3.63) is 35.4 Å². The molecule has 1 aromatic rings. The summed E-state index contributed by atoms with van der Waals surface area (Å²) >= 11 is 0. The van der Waals surface area contributed by atoms with E-state index in [4.69, 9.17) is 9.73 Å². The zero-order valence-corrected chi connectivity index (χ0v) is 19.4. The van der Waals surface area contributed by atoms with E-state index in [0.717, 1.165) is 38.1 Å². The molecule has 3 rings (SSSR count). The molecule has 2 fully saturated rings. The Kier molecular flexibility index (Phi) is 8.82. The molecule has 2 aliphatic rings. The molecule has 1 aliphatic carbocycles. The highest BCUT2D eigenvalue weighted by Crippen LogP contribution is 2.28. The van der Waals surface area contributed by atoms with Crippen LogP contribution in [0, 0.1) is 5.92 Å². The van der Waals surface area contributed by atoms with E-state index < -0.39 is 0 Å². The van der Waals surface area contributed by atoms with Crippen LogP contribution in [0.4, 0.5) is 0 Å². The lowest BCUT2D eigenvalue weighted by Crippen LogP contribution is -2.44. The van der Waals surface area contributed by atoms with Crippen molar-refractivity contribution >= 4 is 29.9 Å². The SMILES string of the molecule is CCNC(=NCc1ccccc1CN1CC(C)OC(C)C1)NC1CC1C.I. The minimum Gasteiger partial charge on any atom is -0.373 e. The Morgan fingerprint density at radius 1 is 1.15 bits per heavy atom. The largest absolute Gasteiger partial charge is 0.373 e. The maximum Gasteiger partial charge on any atom is 0.191 e. The van der Waals surface area contributed by atoms with Crippen LogP contribution in [0.15, 0.2) is 29.3 Å². The molecule has 0 aromatic heterocycles. The molecule has 4 unspecified atom stereocenters. The van der Waals surface area contributed by atoms with Crippen molar-refractivity contribution in [1.82, 2.24) is 15.5 Å². The number of halogens is 1. The molecule has 1 saturated carbocycles. The van der Waals surface area contributed by atoms with Crippen molar-refractivity contribution in [1.29, 1.82) is 0 Å². The first-order valence-corrected chi connectivity index (χ1v) is 10.0. The fourth-order valence-electron chi connectivity index (χ4n) is 3.70. The van der Waals surface area contributed by atoms with Gasteiger partial charge in [0.15, 0.2) is 5.96 Å². The van der Waals surface area contributed by atoms with E-state index in [1.807, 2.05) is 0 Å². The molecular weight excluding hydrogens is 451 g/mol. The molecule has 0 bridgehead atoms. The van der Waals surface area contributed by atoms with Crippen LogP contribution in [0.5, 0.6) is 0 Å². The summed E-state index contributed by atoms with van der Waals surface area (Å²) < 4.78 is 5.86.